The number of aliphatic carboxylic acids is 1. The van der Waals surface area contributed by atoms with Crippen LogP contribution in [-0.4, -0.2) is 42.1 Å². The van der Waals surface area contributed by atoms with Crippen LogP contribution in [0.4, 0.5) is 0 Å². The standard InChI is InChI=1S/C9H16N2O5/c1-5(3-8(14)16-2)11-9(15)6(10)4-7(12)13/h5-6H,3-4,10H2,1-2H3,(H,11,15)(H,12,13)/t5-,6+/m0/s1. The van der Waals surface area contributed by atoms with E-state index in [4.69, 9.17) is 10.8 Å². The first-order valence-corrected chi connectivity index (χ1v) is 4.71. The molecule has 0 aliphatic rings. The Labute approximate surface area is 92.9 Å². The van der Waals surface area contributed by atoms with E-state index in [2.05, 4.69) is 10.1 Å². The molecule has 0 radical (unpaired) electrons. The fourth-order valence-corrected chi connectivity index (χ4v) is 1.02. The third kappa shape index (κ3) is 5.97. The van der Waals surface area contributed by atoms with Crippen LogP contribution in [0.3, 0.4) is 0 Å². The molecule has 0 spiro atoms. The molecule has 16 heavy (non-hydrogen) atoms. The summed E-state index contributed by atoms with van der Waals surface area (Å²) in [5, 5.41) is 10.8. The molecular formula is C9H16N2O5. The Hall–Kier alpha value is -1.63. The highest BCUT2D eigenvalue weighted by atomic mass is 16.5. The van der Waals surface area contributed by atoms with Crippen LogP contribution >= 0.6 is 0 Å². The van der Waals surface area contributed by atoms with Crippen molar-refractivity contribution >= 4 is 17.8 Å². The van der Waals surface area contributed by atoms with Crippen molar-refractivity contribution < 1.29 is 24.2 Å². The summed E-state index contributed by atoms with van der Waals surface area (Å²) < 4.78 is 4.41. The van der Waals surface area contributed by atoms with Crippen molar-refractivity contribution in [2.75, 3.05) is 7.11 Å². The smallest absolute Gasteiger partial charge is 0.307 e. The van der Waals surface area contributed by atoms with Gasteiger partial charge < -0.3 is 20.9 Å². The fraction of sp³-hybridized carbons (Fsp3) is 0.667. The number of carbonyl (C=O) groups excluding carboxylic acids is 2. The molecule has 0 aromatic heterocycles. The van der Waals surface area contributed by atoms with E-state index in [9.17, 15) is 14.4 Å². The third-order valence-electron chi connectivity index (χ3n) is 1.82. The van der Waals surface area contributed by atoms with E-state index in [1.54, 1.807) is 6.92 Å². The Morgan fingerprint density at radius 2 is 1.94 bits per heavy atom. The molecule has 4 N–H and O–H groups in total. The maximum atomic E-state index is 11.3. The minimum atomic E-state index is -1.15. The van der Waals surface area contributed by atoms with Crippen LogP contribution in [0, 0.1) is 0 Å². The number of nitrogens with two attached hydrogens (primary N) is 1. The molecule has 0 unspecified atom stereocenters. The number of carboxylic acid groups (broad SMARTS) is 1. The van der Waals surface area contributed by atoms with Gasteiger partial charge in [-0.15, -0.1) is 0 Å². The SMILES string of the molecule is COC(=O)C[C@H](C)NC(=O)[C@H](N)CC(=O)O. The molecule has 0 saturated carbocycles. The minimum Gasteiger partial charge on any atom is -0.481 e. The van der Waals surface area contributed by atoms with Gasteiger partial charge in [-0.3, -0.25) is 14.4 Å². The van der Waals surface area contributed by atoms with Gasteiger partial charge in [0.1, 0.15) is 0 Å². The summed E-state index contributed by atoms with van der Waals surface area (Å²) in [5.41, 5.74) is 5.32. The lowest BCUT2D eigenvalue weighted by molar-refractivity contribution is -0.142. The van der Waals surface area contributed by atoms with E-state index >= 15 is 0 Å². The second-order valence-corrected chi connectivity index (χ2v) is 3.39. The number of amides is 1. The van der Waals surface area contributed by atoms with Gasteiger partial charge in [0, 0.05) is 6.04 Å². The lowest BCUT2D eigenvalue weighted by Gasteiger charge is -2.15. The van der Waals surface area contributed by atoms with Gasteiger partial charge in [0.05, 0.1) is 26.0 Å². The molecular weight excluding hydrogens is 216 g/mol. The number of carboxylic acids is 1. The summed E-state index contributed by atoms with van der Waals surface area (Å²) in [5.74, 6) is -2.21. The number of rotatable bonds is 6. The van der Waals surface area contributed by atoms with Crippen molar-refractivity contribution in [3.05, 3.63) is 0 Å². The van der Waals surface area contributed by atoms with E-state index in [1.165, 1.54) is 7.11 Å². The largest absolute Gasteiger partial charge is 0.481 e. The van der Waals surface area contributed by atoms with Crippen LogP contribution in [-0.2, 0) is 19.1 Å². The molecule has 0 aromatic carbocycles. The molecule has 2 atom stereocenters. The van der Waals surface area contributed by atoms with Crippen LogP contribution in [0.5, 0.6) is 0 Å². The van der Waals surface area contributed by atoms with Gasteiger partial charge in [-0.25, -0.2) is 0 Å². The molecule has 0 bridgehead atoms. The Morgan fingerprint density at radius 1 is 1.38 bits per heavy atom. The number of nitrogens with one attached hydrogen (secondary N) is 1. The van der Waals surface area contributed by atoms with Crippen LogP contribution in [0.1, 0.15) is 19.8 Å². The maximum Gasteiger partial charge on any atom is 0.307 e. The summed E-state index contributed by atoms with van der Waals surface area (Å²) in [6.45, 7) is 1.60. The van der Waals surface area contributed by atoms with E-state index in [1.807, 2.05) is 0 Å². The Balaban J connectivity index is 4.03. The second-order valence-electron chi connectivity index (χ2n) is 3.39. The Morgan fingerprint density at radius 3 is 2.38 bits per heavy atom. The summed E-state index contributed by atoms with van der Waals surface area (Å²) in [6, 6.07) is -1.56. The number of hydrogen-bond acceptors (Lipinski definition) is 5. The Kier molecular flexibility index (Phi) is 6.09. The number of esters is 1. The molecule has 1 amide bonds. The summed E-state index contributed by atoms with van der Waals surface area (Å²) in [4.78, 5) is 32.4. The highest BCUT2D eigenvalue weighted by Crippen LogP contribution is 1.95. The number of hydrogen-bond donors (Lipinski definition) is 3. The molecule has 0 aromatic rings. The predicted molar refractivity (Wildman–Crippen MR) is 54.5 cm³/mol. The van der Waals surface area contributed by atoms with E-state index in [0.717, 1.165) is 0 Å². The minimum absolute atomic E-state index is 0.0159. The first kappa shape index (κ1) is 14.4. The van der Waals surface area contributed by atoms with Crippen molar-refractivity contribution in [3.63, 3.8) is 0 Å². The van der Waals surface area contributed by atoms with Gasteiger partial charge in [0.15, 0.2) is 0 Å². The van der Waals surface area contributed by atoms with E-state index in [0.29, 0.717) is 0 Å². The molecule has 0 saturated heterocycles. The van der Waals surface area contributed by atoms with E-state index < -0.39 is 36.4 Å². The van der Waals surface area contributed by atoms with Crippen LogP contribution in [0.25, 0.3) is 0 Å². The number of methoxy groups -OCH3 is 1. The zero-order valence-electron chi connectivity index (χ0n) is 9.23. The lowest BCUT2D eigenvalue weighted by Crippen LogP contribution is -2.46. The lowest BCUT2D eigenvalue weighted by atomic mass is 10.1. The normalized spacial score (nSPS) is 13.7. The quantitative estimate of drug-likeness (QED) is 0.498. The molecule has 0 aliphatic heterocycles. The van der Waals surface area contributed by atoms with Crippen LogP contribution in [0.15, 0.2) is 0 Å². The van der Waals surface area contributed by atoms with E-state index in [-0.39, 0.29) is 6.42 Å². The van der Waals surface area contributed by atoms with Gasteiger partial charge >= 0.3 is 11.9 Å². The van der Waals surface area contributed by atoms with Crippen molar-refractivity contribution in [2.45, 2.75) is 31.8 Å². The van der Waals surface area contributed by atoms with Crippen LogP contribution < -0.4 is 11.1 Å². The fourth-order valence-electron chi connectivity index (χ4n) is 1.02. The molecule has 7 nitrogen and oxygen atoms in total. The Bertz CT molecular complexity index is 279. The zero-order chi connectivity index (χ0) is 12.7. The zero-order valence-corrected chi connectivity index (χ0v) is 9.23. The maximum absolute atomic E-state index is 11.3. The van der Waals surface area contributed by atoms with Crippen LogP contribution in [0.2, 0.25) is 0 Å². The number of ether oxygens (including phenoxy) is 1. The first-order chi connectivity index (χ1) is 7.36. The van der Waals surface area contributed by atoms with Gasteiger partial charge in [0.25, 0.3) is 0 Å². The van der Waals surface area contributed by atoms with Crippen molar-refractivity contribution in [1.29, 1.82) is 0 Å². The molecule has 0 heterocycles. The number of carbonyl (C=O) groups is 3. The van der Waals surface area contributed by atoms with Gasteiger partial charge in [-0.2, -0.15) is 0 Å². The summed E-state index contributed by atoms with van der Waals surface area (Å²) in [7, 11) is 1.24. The topological polar surface area (TPSA) is 119 Å². The van der Waals surface area contributed by atoms with Crippen molar-refractivity contribution in [1.82, 2.24) is 5.32 Å². The molecule has 0 aliphatic carbocycles. The first-order valence-electron chi connectivity index (χ1n) is 4.71. The summed E-state index contributed by atoms with van der Waals surface area (Å²) in [6.07, 6.45) is -0.432. The highest BCUT2D eigenvalue weighted by molar-refractivity contribution is 5.86. The average Bonchev–Trinajstić information content (AvgIpc) is 2.16. The van der Waals surface area contributed by atoms with Crippen molar-refractivity contribution in [3.8, 4) is 0 Å². The highest BCUT2D eigenvalue weighted by Gasteiger charge is 2.19. The van der Waals surface area contributed by atoms with Gasteiger partial charge in [-0.05, 0) is 6.92 Å². The predicted octanol–water partition coefficient (Wildman–Crippen LogP) is -1.14. The third-order valence-corrected chi connectivity index (χ3v) is 1.82. The van der Waals surface area contributed by atoms with Gasteiger partial charge in [0.2, 0.25) is 5.91 Å². The summed E-state index contributed by atoms with van der Waals surface area (Å²) >= 11 is 0. The molecule has 92 valence electrons. The average molecular weight is 232 g/mol. The molecule has 0 rings (SSSR count). The van der Waals surface area contributed by atoms with Gasteiger partial charge in [-0.1, -0.05) is 0 Å². The molecule has 7 heteroatoms. The van der Waals surface area contributed by atoms with Crippen molar-refractivity contribution in [2.24, 2.45) is 5.73 Å². The monoisotopic (exact) mass is 232 g/mol. The second kappa shape index (κ2) is 6.78. The molecule has 0 fully saturated rings.